The van der Waals surface area contributed by atoms with Gasteiger partial charge < -0.3 is 10.8 Å². The summed E-state index contributed by atoms with van der Waals surface area (Å²) < 4.78 is 0. The van der Waals surface area contributed by atoms with E-state index in [9.17, 15) is 9.90 Å². The quantitative estimate of drug-likeness (QED) is 0.692. The lowest BCUT2D eigenvalue weighted by Crippen LogP contribution is -2.43. The lowest BCUT2D eigenvalue weighted by molar-refractivity contribution is -0.120. The second kappa shape index (κ2) is 4.00. The van der Waals surface area contributed by atoms with Gasteiger partial charge in [0, 0.05) is 5.69 Å². The van der Waals surface area contributed by atoms with Crippen molar-refractivity contribution in [2.24, 2.45) is 5.73 Å². The molecule has 0 saturated carbocycles. The van der Waals surface area contributed by atoms with Crippen LogP contribution in [-0.2, 0) is 11.2 Å². The number of benzene rings is 1. The highest BCUT2D eigenvalue weighted by atomic mass is 16.3. The Balaban J connectivity index is 2.45. The van der Waals surface area contributed by atoms with E-state index in [0.717, 1.165) is 17.7 Å². The number of hydrogen-bond donors (Lipinski definition) is 2. The number of carbonyl (C=O) groups excluding carboxylic acids is 1. The number of carbonyl (C=O) groups is 1. The summed E-state index contributed by atoms with van der Waals surface area (Å²) in [5, 5.41) is 9.20. The van der Waals surface area contributed by atoms with Crippen LogP contribution in [0.25, 0.3) is 0 Å². The molecule has 0 bridgehead atoms. The topological polar surface area (TPSA) is 66.6 Å². The average molecular weight is 206 g/mol. The highest BCUT2D eigenvalue weighted by Gasteiger charge is 2.26. The minimum absolute atomic E-state index is 0.206. The van der Waals surface area contributed by atoms with Crippen LogP contribution in [0.1, 0.15) is 12.0 Å². The molecule has 1 aliphatic heterocycles. The molecule has 1 amide bonds. The fourth-order valence-corrected chi connectivity index (χ4v) is 1.88. The van der Waals surface area contributed by atoms with E-state index in [-0.39, 0.29) is 12.6 Å². The molecule has 0 aromatic heterocycles. The Labute approximate surface area is 88.3 Å². The number of nitrogens with zero attached hydrogens (tertiary/aromatic N) is 1. The van der Waals surface area contributed by atoms with Gasteiger partial charge in [-0.1, -0.05) is 18.2 Å². The van der Waals surface area contributed by atoms with Crippen molar-refractivity contribution in [2.45, 2.75) is 18.9 Å². The molecule has 4 nitrogen and oxygen atoms in total. The number of aliphatic hydroxyl groups is 1. The van der Waals surface area contributed by atoms with E-state index in [1.54, 1.807) is 0 Å². The van der Waals surface area contributed by atoms with Gasteiger partial charge in [-0.3, -0.25) is 9.69 Å². The maximum absolute atomic E-state index is 11.8. The van der Waals surface area contributed by atoms with Crippen LogP contribution in [0.2, 0.25) is 0 Å². The fourth-order valence-electron chi connectivity index (χ4n) is 1.88. The zero-order valence-electron chi connectivity index (χ0n) is 8.39. The fraction of sp³-hybridized carbons (Fsp3) is 0.364. The molecule has 2 rings (SSSR count). The first kappa shape index (κ1) is 10.1. The smallest absolute Gasteiger partial charge is 0.245 e. The molecule has 1 atom stereocenters. The zero-order chi connectivity index (χ0) is 10.8. The number of aryl methyl sites for hydroxylation is 1. The summed E-state index contributed by atoms with van der Waals surface area (Å²) in [6, 6.07) is 7.07. The highest BCUT2D eigenvalue weighted by Crippen LogP contribution is 2.25. The van der Waals surface area contributed by atoms with Crippen molar-refractivity contribution in [1.29, 1.82) is 0 Å². The predicted octanol–water partition coefficient (Wildman–Crippen LogP) is 0.243. The summed E-state index contributed by atoms with van der Waals surface area (Å²) in [6.45, 7) is -0.316. The molecule has 80 valence electrons. The summed E-state index contributed by atoms with van der Waals surface area (Å²) in [5.74, 6) is -0.206. The van der Waals surface area contributed by atoms with Gasteiger partial charge in [-0.15, -0.1) is 0 Å². The van der Waals surface area contributed by atoms with Gasteiger partial charge in [0.2, 0.25) is 5.91 Å². The molecular weight excluding hydrogens is 192 g/mol. The first-order chi connectivity index (χ1) is 7.24. The molecule has 3 N–H and O–H groups in total. The molecule has 0 spiro atoms. The summed E-state index contributed by atoms with van der Waals surface area (Å²) in [7, 11) is 0. The Kier molecular flexibility index (Phi) is 2.70. The number of nitrogens with two attached hydrogens (primary N) is 1. The van der Waals surface area contributed by atoms with Crippen LogP contribution in [0.4, 0.5) is 5.69 Å². The third kappa shape index (κ3) is 1.73. The van der Waals surface area contributed by atoms with Crippen molar-refractivity contribution in [3.63, 3.8) is 0 Å². The van der Waals surface area contributed by atoms with Crippen LogP contribution in [0.3, 0.4) is 0 Å². The predicted molar refractivity (Wildman–Crippen MR) is 57.3 cm³/mol. The monoisotopic (exact) mass is 206 g/mol. The average Bonchev–Trinajstić information content (AvgIpc) is 2.38. The standard InChI is InChI=1S/C11H14N2O2/c12-9-6-5-8-3-1-2-4-10(8)13(7-14)11(9)15/h1-4,9,14H,5-7,12H2. The first-order valence-corrected chi connectivity index (χ1v) is 4.99. The largest absolute Gasteiger partial charge is 0.376 e. The van der Waals surface area contributed by atoms with Crippen molar-refractivity contribution in [1.82, 2.24) is 0 Å². The van der Waals surface area contributed by atoms with E-state index in [0.29, 0.717) is 6.42 Å². The zero-order valence-corrected chi connectivity index (χ0v) is 8.39. The van der Waals surface area contributed by atoms with Crippen LogP contribution in [0.15, 0.2) is 24.3 Å². The third-order valence-electron chi connectivity index (χ3n) is 2.73. The molecule has 1 unspecified atom stereocenters. The number of anilines is 1. The van der Waals surface area contributed by atoms with E-state index >= 15 is 0 Å². The molecule has 1 heterocycles. The van der Waals surface area contributed by atoms with Crippen LogP contribution < -0.4 is 10.6 Å². The summed E-state index contributed by atoms with van der Waals surface area (Å²) in [6.07, 6.45) is 1.41. The van der Waals surface area contributed by atoms with Gasteiger partial charge in [-0.25, -0.2) is 0 Å². The van der Waals surface area contributed by atoms with E-state index in [1.807, 2.05) is 24.3 Å². The van der Waals surface area contributed by atoms with E-state index in [4.69, 9.17) is 5.73 Å². The van der Waals surface area contributed by atoms with Gasteiger partial charge in [0.1, 0.15) is 6.73 Å². The first-order valence-electron chi connectivity index (χ1n) is 4.99. The maximum Gasteiger partial charge on any atom is 0.245 e. The summed E-state index contributed by atoms with van der Waals surface area (Å²) in [5.41, 5.74) is 7.56. The van der Waals surface area contributed by atoms with Gasteiger partial charge in [0.15, 0.2) is 0 Å². The molecule has 1 aliphatic rings. The highest BCUT2D eigenvalue weighted by molar-refractivity contribution is 5.98. The molecule has 1 aromatic carbocycles. The van der Waals surface area contributed by atoms with Gasteiger partial charge >= 0.3 is 0 Å². The Morgan fingerprint density at radius 3 is 2.93 bits per heavy atom. The maximum atomic E-state index is 11.8. The number of para-hydroxylation sites is 1. The molecule has 0 radical (unpaired) electrons. The molecule has 1 aromatic rings. The SMILES string of the molecule is NC1CCc2ccccc2N(CO)C1=O. The molecule has 0 fully saturated rings. The van der Waals surface area contributed by atoms with E-state index < -0.39 is 6.04 Å². The summed E-state index contributed by atoms with van der Waals surface area (Å²) in [4.78, 5) is 13.1. The van der Waals surface area contributed by atoms with Crippen LogP contribution in [0, 0.1) is 0 Å². The Bertz CT molecular complexity index is 379. The number of hydrogen-bond acceptors (Lipinski definition) is 3. The minimum atomic E-state index is -0.510. The van der Waals surface area contributed by atoms with Crippen LogP contribution in [0.5, 0.6) is 0 Å². The van der Waals surface area contributed by atoms with Crippen LogP contribution in [-0.4, -0.2) is 23.8 Å². The number of rotatable bonds is 1. The molecule has 0 aliphatic carbocycles. The lowest BCUT2D eigenvalue weighted by Gasteiger charge is -2.21. The van der Waals surface area contributed by atoms with Crippen LogP contribution >= 0.6 is 0 Å². The van der Waals surface area contributed by atoms with Crippen molar-refractivity contribution >= 4 is 11.6 Å². The Hall–Kier alpha value is -1.39. The molecule has 15 heavy (non-hydrogen) atoms. The van der Waals surface area contributed by atoms with Gasteiger partial charge in [-0.05, 0) is 24.5 Å². The normalized spacial score (nSPS) is 21.1. The van der Waals surface area contributed by atoms with Crippen molar-refractivity contribution in [3.8, 4) is 0 Å². The molecule has 0 saturated heterocycles. The second-order valence-electron chi connectivity index (χ2n) is 3.68. The number of amides is 1. The van der Waals surface area contributed by atoms with Gasteiger partial charge in [0.05, 0.1) is 6.04 Å². The summed E-state index contributed by atoms with van der Waals surface area (Å²) >= 11 is 0. The lowest BCUT2D eigenvalue weighted by atomic mass is 10.1. The van der Waals surface area contributed by atoms with Crippen molar-refractivity contribution in [2.75, 3.05) is 11.6 Å². The second-order valence-corrected chi connectivity index (χ2v) is 3.68. The molecular formula is C11H14N2O2. The van der Waals surface area contributed by atoms with Gasteiger partial charge in [-0.2, -0.15) is 0 Å². The Morgan fingerprint density at radius 1 is 1.47 bits per heavy atom. The van der Waals surface area contributed by atoms with E-state index in [2.05, 4.69) is 0 Å². The third-order valence-corrected chi connectivity index (χ3v) is 2.73. The minimum Gasteiger partial charge on any atom is -0.376 e. The van der Waals surface area contributed by atoms with Crippen molar-refractivity contribution < 1.29 is 9.90 Å². The number of aliphatic hydroxyl groups excluding tert-OH is 1. The van der Waals surface area contributed by atoms with E-state index in [1.165, 1.54) is 4.90 Å². The van der Waals surface area contributed by atoms with Crippen molar-refractivity contribution in [3.05, 3.63) is 29.8 Å². The molecule has 4 heteroatoms. The number of fused-ring (bicyclic) bond motifs is 1. The Morgan fingerprint density at radius 2 is 2.20 bits per heavy atom. The van der Waals surface area contributed by atoms with Gasteiger partial charge in [0.25, 0.3) is 0 Å².